The summed E-state index contributed by atoms with van der Waals surface area (Å²) in [4.78, 5) is 24.3. The van der Waals surface area contributed by atoms with Crippen LogP contribution in [0.15, 0.2) is 24.4 Å². The Labute approximate surface area is 136 Å². The Morgan fingerprint density at radius 2 is 2.00 bits per heavy atom. The van der Waals surface area contributed by atoms with Crippen molar-refractivity contribution in [1.29, 1.82) is 0 Å². The van der Waals surface area contributed by atoms with E-state index in [-0.39, 0.29) is 18.2 Å². The number of hydrogen-bond donors (Lipinski definition) is 1. The fraction of sp³-hybridized carbons (Fsp3) is 0.474. The maximum absolute atomic E-state index is 12.4. The van der Waals surface area contributed by atoms with E-state index in [9.17, 15) is 9.59 Å². The summed E-state index contributed by atoms with van der Waals surface area (Å²) in [6, 6.07) is 6.34. The van der Waals surface area contributed by atoms with Crippen LogP contribution in [-0.2, 0) is 17.8 Å². The summed E-state index contributed by atoms with van der Waals surface area (Å²) >= 11 is 0. The SMILES string of the molecule is CCc1cccc2c(C(C)=O)cn(CC(=O)NC3CCCC3)c12. The van der Waals surface area contributed by atoms with Gasteiger partial charge in [0, 0.05) is 23.2 Å². The van der Waals surface area contributed by atoms with Gasteiger partial charge in [-0.2, -0.15) is 0 Å². The second-order valence-electron chi connectivity index (χ2n) is 6.44. The molecule has 1 aromatic carbocycles. The van der Waals surface area contributed by atoms with Gasteiger partial charge in [-0.15, -0.1) is 0 Å². The zero-order valence-corrected chi connectivity index (χ0v) is 13.9. The van der Waals surface area contributed by atoms with E-state index in [0.29, 0.717) is 11.6 Å². The van der Waals surface area contributed by atoms with Gasteiger partial charge in [-0.1, -0.05) is 38.0 Å². The number of ketones is 1. The molecule has 0 spiro atoms. The van der Waals surface area contributed by atoms with E-state index in [1.807, 2.05) is 22.9 Å². The molecule has 1 aliphatic carbocycles. The molecule has 1 aliphatic rings. The Morgan fingerprint density at radius 1 is 1.26 bits per heavy atom. The molecule has 3 rings (SSSR count). The van der Waals surface area contributed by atoms with Gasteiger partial charge in [-0.25, -0.2) is 0 Å². The van der Waals surface area contributed by atoms with E-state index in [0.717, 1.165) is 30.2 Å². The number of nitrogens with zero attached hydrogens (tertiary/aromatic N) is 1. The van der Waals surface area contributed by atoms with E-state index >= 15 is 0 Å². The fourth-order valence-electron chi connectivity index (χ4n) is 3.63. The molecule has 4 heteroatoms. The van der Waals surface area contributed by atoms with Crippen molar-refractivity contribution in [3.05, 3.63) is 35.5 Å². The van der Waals surface area contributed by atoms with Crippen molar-refractivity contribution < 1.29 is 9.59 Å². The van der Waals surface area contributed by atoms with Crippen molar-refractivity contribution in [2.45, 2.75) is 58.5 Å². The van der Waals surface area contributed by atoms with Crippen molar-refractivity contribution in [3.63, 3.8) is 0 Å². The molecule has 1 saturated carbocycles. The van der Waals surface area contributed by atoms with Crippen molar-refractivity contribution >= 4 is 22.6 Å². The summed E-state index contributed by atoms with van der Waals surface area (Å²) in [7, 11) is 0. The molecule has 1 heterocycles. The van der Waals surface area contributed by atoms with E-state index in [1.54, 1.807) is 6.92 Å². The van der Waals surface area contributed by atoms with Crippen LogP contribution in [0.3, 0.4) is 0 Å². The van der Waals surface area contributed by atoms with Crippen LogP contribution in [0, 0.1) is 0 Å². The Hall–Kier alpha value is -2.10. The lowest BCUT2D eigenvalue weighted by Gasteiger charge is -2.13. The number of carbonyl (C=O) groups excluding carboxylic acids is 2. The topological polar surface area (TPSA) is 51.1 Å². The molecule has 1 amide bonds. The highest BCUT2D eigenvalue weighted by Crippen LogP contribution is 2.26. The van der Waals surface area contributed by atoms with Crippen LogP contribution in [0.2, 0.25) is 0 Å². The third-order valence-corrected chi connectivity index (χ3v) is 4.78. The number of para-hydroxylation sites is 1. The standard InChI is InChI=1S/C19H24N2O2/c1-3-14-7-6-10-16-17(13(2)22)11-21(19(14)16)12-18(23)20-15-8-4-5-9-15/h6-7,10-11,15H,3-5,8-9,12H2,1-2H3,(H,20,23). The fourth-order valence-corrected chi connectivity index (χ4v) is 3.63. The monoisotopic (exact) mass is 312 g/mol. The summed E-state index contributed by atoms with van der Waals surface area (Å²) in [5.41, 5.74) is 2.88. The molecule has 0 saturated heterocycles. The maximum atomic E-state index is 12.4. The Kier molecular flexibility index (Phi) is 4.51. The van der Waals surface area contributed by atoms with Crippen molar-refractivity contribution in [2.24, 2.45) is 0 Å². The van der Waals surface area contributed by atoms with Crippen LogP contribution in [0.25, 0.3) is 10.9 Å². The van der Waals surface area contributed by atoms with Gasteiger partial charge in [0.25, 0.3) is 0 Å². The molecule has 4 nitrogen and oxygen atoms in total. The first-order chi connectivity index (χ1) is 11.1. The second kappa shape index (κ2) is 6.57. The van der Waals surface area contributed by atoms with E-state index < -0.39 is 0 Å². The quantitative estimate of drug-likeness (QED) is 0.860. The van der Waals surface area contributed by atoms with E-state index in [1.165, 1.54) is 18.4 Å². The summed E-state index contributed by atoms with van der Waals surface area (Å²) < 4.78 is 1.94. The Morgan fingerprint density at radius 3 is 2.65 bits per heavy atom. The van der Waals surface area contributed by atoms with E-state index in [4.69, 9.17) is 0 Å². The minimum absolute atomic E-state index is 0.0369. The first-order valence-electron chi connectivity index (χ1n) is 8.51. The van der Waals surface area contributed by atoms with Gasteiger partial charge in [0.05, 0.1) is 5.52 Å². The molecular formula is C19H24N2O2. The molecule has 1 fully saturated rings. The second-order valence-corrected chi connectivity index (χ2v) is 6.44. The van der Waals surface area contributed by atoms with Gasteiger partial charge in [0.1, 0.15) is 6.54 Å². The number of fused-ring (bicyclic) bond motifs is 1. The van der Waals surface area contributed by atoms with Crippen LogP contribution < -0.4 is 5.32 Å². The van der Waals surface area contributed by atoms with Crippen LogP contribution >= 0.6 is 0 Å². The number of benzene rings is 1. The number of aromatic nitrogens is 1. The zero-order valence-electron chi connectivity index (χ0n) is 13.9. The smallest absolute Gasteiger partial charge is 0.240 e. The summed E-state index contributed by atoms with van der Waals surface area (Å²) in [5, 5.41) is 4.07. The number of carbonyl (C=O) groups is 2. The van der Waals surface area contributed by atoms with Crippen molar-refractivity contribution in [3.8, 4) is 0 Å². The number of aryl methyl sites for hydroxylation is 1. The maximum Gasteiger partial charge on any atom is 0.240 e. The van der Waals surface area contributed by atoms with E-state index in [2.05, 4.69) is 18.3 Å². The average Bonchev–Trinajstić information content (AvgIpc) is 3.15. The third-order valence-electron chi connectivity index (χ3n) is 4.78. The van der Waals surface area contributed by atoms with Gasteiger partial charge < -0.3 is 9.88 Å². The summed E-state index contributed by atoms with van der Waals surface area (Å²) in [5.74, 6) is 0.0769. The molecule has 0 atom stereocenters. The van der Waals surface area contributed by atoms with Crippen molar-refractivity contribution in [2.75, 3.05) is 0 Å². The Balaban J connectivity index is 1.92. The average molecular weight is 312 g/mol. The number of Topliss-reactive ketones (excluding diaryl/α,β-unsaturated/α-hetero) is 1. The van der Waals surface area contributed by atoms with Crippen LogP contribution in [-0.4, -0.2) is 22.3 Å². The number of amides is 1. The number of hydrogen-bond acceptors (Lipinski definition) is 2. The molecule has 2 aromatic rings. The molecule has 1 N–H and O–H groups in total. The molecule has 1 aromatic heterocycles. The van der Waals surface area contributed by atoms with Crippen LogP contribution in [0.1, 0.15) is 55.5 Å². The molecule has 23 heavy (non-hydrogen) atoms. The molecule has 0 aliphatic heterocycles. The van der Waals surface area contributed by atoms with Gasteiger partial charge >= 0.3 is 0 Å². The minimum atomic E-state index is 0.0369. The van der Waals surface area contributed by atoms with Crippen molar-refractivity contribution in [1.82, 2.24) is 9.88 Å². The highest BCUT2D eigenvalue weighted by atomic mass is 16.2. The van der Waals surface area contributed by atoms with Crippen LogP contribution in [0.4, 0.5) is 0 Å². The molecule has 0 radical (unpaired) electrons. The van der Waals surface area contributed by atoms with Gasteiger partial charge in [0.15, 0.2) is 5.78 Å². The first kappa shape index (κ1) is 15.8. The molecule has 0 unspecified atom stereocenters. The first-order valence-corrected chi connectivity index (χ1v) is 8.51. The van der Waals surface area contributed by atoms with Crippen LogP contribution in [0.5, 0.6) is 0 Å². The highest BCUT2D eigenvalue weighted by molar-refractivity contribution is 6.07. The normalized spacial score (nSPS) is 15.2. The molecule has 0 bridgehead atoms. The zero-order chi connectivity index (χ0) is 16.4. The third kappa shape index (κ3) is 3.16. The largest absolute Gasteiger partial charge is 0.352 e. The number of nitrogens with one attached hydrogen (secondary N) is 1. The lowest BCUT2D eigenvalue weighted by molar-refractivity contribution is -0.122. The summed E-state index contributed by atoms with van der Waals surface area (Å²) in [6.07, 6.45) is 7.27. The lowest BCUT2D eigenvalue weighted by Crippen LogP contribution is -2.35. The van der Waals surface area contributed by atoms with Gasteiger partial charge in [-0.3, -0.25) is 9.59 Å². The Bertz CT molecular complexity index is 739. The summed E-state index contributed by atoms with van der Waals surface area (Å²) in [6.45, 7) is 3.95. The minimum Gasteiger partial charge on any atom is -0.352 e. The molecule has 122 valence electrons. The predicted molar refractivity (Wildman–Crippen MR) is 91.7 cm³/mol. The van der Waals surface area contributed by atoms with Gasteiger partial charge in [0.2, 0.25) is 5.91 Å². The lowest BCUT2D eigenvalue weighted by atomic mass is 10.1. The predicted octanol–water partition coefficient (Wildman–Crippen LogP) is 3.47. The highest BCUT2D eigenvalue weighted by Gasteiger charge is 2.19. The van der Waals surface area contributed by atoms with Gasteiger partial charge in [-0.05, 0) is 31.7 Å². The number of rotatable bonds is 5. The molecular weight excluding hydrogens is 288 g/mol.